The van der Waals surface area contributed by atoms with Gasteiger partial charge < -0.3 is 15.8 Å². The van der Waals surface area contributed by atoms with E-state index >= 15 is 0 Å². The molecule has 1 aliphatic rings. The molecule has 0 aromatic heterocycles. The van der Waals surface area contributed by atoms with E-state index in [4.69, 9.17) is 10.5 Å². The van der Waals surface area contributed by atoms with Gasteiger partial charge in [-0.25, -0.2) is 8.42 Å². The maximum Gasteiger partial charge on any atom is 0.257 e. The summed E-state index contributed by atoms with van der Waals surface area (Å²) in [6.45, 7) is 3.29. The van der Waals surface area contributed by atoms with Gasteiger partial charge >= 0.3 is 0 Å². The number of carbonyl (C=O) groups is 2. The summed E-state index contributed by atoms with van der Waals surface area (Å²) in [6.07, 6.45) is 4.60. The van der Waals surface area contributed by atoms with Crippen molar-refractivity contribution in [2.75, 3.05) is 26.2 Å². The lowest BCUT2D eigenvalue weighted by Crippen LogP contribution is -2.30. The third-order valence-corrected chi connectivity index (χ3v) is 6.28. The molecular formula is C18H27N3O5S. The number of nitrogens with zero attached hydrogens (tertiary/aromatic N) is 1. The molecule has 0 bridgehead atoms. The summed E-state index contributed by atoms with van der Waals surface area (Å²) in [7, 11) is -3.67. The van der Waals surface area contributed by atoms with E-state index in [2.05, 4.69) is 12.2 Å². The molecule has 1 fully saturated rings. The molecular weight excluding hydrogens is 370 g/mol. The predicted molar refractivity (Wildman–Crippen MR) is 101 cm³/mol. The molecule has 0 spiro atoms. The lowest BCUT2D eigenvalue weighted by atomic mass is 10.2. The van der Waals surface area contributed by atoms with E-state index < -0.39 is 15.9 Å². The number of primary amides is 1. The number of hydrogen-bond acceptors (Lipinski definition) is 5. The van der Waals surface area contributed by atoms with E-state index in [0.29, 0.717) is 19.6 Å². The van der Waals surface area contributed by atoms with Crippen LogP contribution in [0.3, 0.4) is 0 Å². The van der Waals surface area contributed by atoms with Crippen LogP contribution < -0.4 is 15.8 Å². The minimum Gasteiger partial charge on any atom is -0.483 e. The van der Waals surface area contributed by atoms with Crippen molar-refractivity contribution in [3.8, 4) is 5.75 Å². The molecule has 1 aromatic rings. The summed E-state index contributed by atoms with van der Waals surface area (Å²) >= 11 is 0. The number of nitrogens with two attached hydrogens (primary N) is 1. The van der Waals surface area contributed by atoms with Gasteiger partial charge in [0.1, 0.15) is 5.75 Å². The van der Waals surface area contributed by atoms with Gasteiger partial charge in [0.15, 0.2) is 6.61 Å². The number of amides is 2. The zero-order valence-corrected chi connectivity index (χ0v) is 16.4. The van der Waals surface area contributed by atoms with Gasteiger partial charge in [0.25, 0.3) is 11.8 Å². The summed E-state index contributed by atoms with van der Waals surface area (Å²) in [5.41, 5.74) is 5.31. The summed E-state index contributed by atoms with van der Waals surface area (Å²) in [5, 5.41) is 2.73. The maximum atomic E-state index is 12.6. The number of sulfonamides is 1. The summed E-state index contributed by atoms with van der Waals surface area (Å²) in [4.78, 5) is 23.5. The van der Waals surface area contributed by atoms with Crippen LogP contribution in [-0.4, -0.2) is 50.8 Å². The second-order valence-corrected chi connectivity index (χ2v) is 8.42. The van der Waals surface area contributed by atoms with Crippen molar-refractivity contribution in [3.63, 3.8) is 0 Å². The quantitative estimate of drug-likeness (QED) is 0.576. The fourth-order valence-electron chi connectivity index (χ4n) is 2.86. The van der Waals surface area contributed by atoms with Crippen molar-refractivity contribution in [3.05, 3.63) is 23.8 Å². The first-order valence-electron chi connectivity index (χ1n) is 9.19. The SMILES string of the molecule is CCCCCNC(=O)COc1ccc(S(=O)(=O)N2CCCC2)cc1C(N)=O. The highest BCUT2D eigenvalue weighted by molar-refractivity contribution is 7.89. The van der Waals surface area contributed by atoms with Gasteiger partial charge in [-0.1, -0.05) is 19.8 Å². The summed E-state index contributed by atoms with van der Waals surface area (Å²) in [5.74, 6) is -1.03. The minimum atomic E-state index is -3.67. The monoisotopic (exact) mass is 397 g/mol. The van der Waals surface area contributed by atoms with Crippen LogP contribution in [-0.2, 0) is 14.8 Å². The number of carbonyl (C=O) groups excluding carboxylic acids is 2. The van der Waals surface area contributed by atoms with Crippen molar-refractivity contribution in [2.24, 2.45) is 5.73 Å². The fraction of sp³-hybridized carbons (Fsp3) is 0.556. The first-order chi connectivity index (χ1) is 12.9. The normalized spacial score (nSPS) is 14.9. The molecule has 9 heteroatoms. The number of unbranched alkanes of at least 4 members (excludes halogenated alkanes) is 2. The van der Waals surface area contributed by atoms with Crippen LogP contribution >= 0.6 is 0 Å². The first kappa shape index (κ1) is 21.2. The van der Waals surface area contributed by atoms with Crippen molar-refractivity contribution in [1.82, 2.24) is 9.62 Å². The van der Waals surface area contributed by atoms with Gasteiger partial charge in [-0.3, -0.25) is 9.59 Å². The van der Waals surface area contributed by atoms with Gasteiger partial charge in [0.05, 0.1) is 10.5 Å². The molecule has 150 valence electrons. The van der Waals surface area contributed by atoms with Crippen LogP contribution in [0.1, 0.15) is 49.4 Å². The maximum absolute atomic E-state index is 12.6. The van der Waals surface area contributed by atoms with Gasteiger partial charge in [0.2, 0.25) is 10.0 Å². The highest BCUT2D eigenvalue weighted by atomic mass is 32.2. The van der Waals surface area contributed by atoms with Crippen molar-refractivity contribution in [1.29, 1.82) is 0 Å². The molecule has 0 atom stereocenters. The van der Waals surface area contributed by atoms with E-state index in [1.165, 1.54) is 22.5 Å². The molecule has 1 heterocycles. The first-order valence-corrected chi connectivity index (χ1v) is 10.6. The Morgan fingerprint density at radius 2 is 1.93 bits per heavy atom. The van der Waals surface area contributed by atoms with E-state index in [-0.39, 0.29) is 28.7 Å². The highest BCUT2D eigenvalue weighted by Gasteiger charge is 2.28. The Morgan fingerprint density at radius 1 is 1.22 bits per heavy atom. The van der Waals surface area contributed by atoms with E-state index in [9.17, 15) is 18.0 Å². The average Bonchev–Trinajstić information content (AvgIpc) is 3.19. The molecule has 3 N–H and O–H groups in total. The number of benzene rings is 1. The van der Waals surface area contributed by atoms with E-state index in [1.807, 2.05) is 0 Å². The van der Waals surface area contributed by atoms with Gasteiger partial charge in [-0.05, 0) is 37.5 Å². The smallest absolute Gasteiger partial charge is 0.257 e. The molecule has 27 heavy (non-hydrogen) atoms. The Labute approximate surface area is 160 Å². The largest absolute Gasteiger partial charge is 0.483 e. The number of hydrogen-bond donors (Lipinski definition) is 2. The molecule has 2 amide bonds. The lowest BCUT2D eigenvalue weighted by Gasteiger charge is -2.17. The molecule has 0 saturated carbocycles. The molecule has 2 rings (SSSR count). The molecule has 1 saturated heterocycles. The third kappa shape index (κ3) is 5.67. The zero-order chi connectivity index (χ0) is 19.9. The standard InChI is InChI=1S/C18H27N3O5S/c1-2-3-4-9-20-17(22)13-26-16-8-7-14(12-15(16)18(19)23)27(24,25)21-10-5-6-11-21/h7-8,12H,2-6,9-11,13H2,1H3,(H2,19,23)(H,20,22). The topological polar surface area (TPSA) is 119 Å². The Kier molecular flexibility index (Phi) is 7.61. The molecule has 8 nitrogen and oxygen atoms in total. The van der Waals surface area contributed by atoms with Crippen molar-refractivity contribution >= 4 is 21.8 Å². The Balaban J connectivity index is 2.07. The van der Waals surface area contributed by atoms with Crippen LogP contribution in [0, 0.1) is 0 Å². The number of nitrogens with one attached hydrogen (secondary N) is 1. The van der Waals surface area contributed by atoms with Gasteiger partial charge in [0, 0.05) is 19.6 Å². The fourth-order valence-corrected chi connectivity index (χ4v) is 4.41. The van der Waals surface area contributed by atoms with Gasteiger partial charge in [-0.2, -0.15) is 4.31 Å². The van der Waals surface area contributed by atoms with Gasteiger partial charge in [-0.15, -0.1) is 0 Å². The second kappa shape index (κ2) is 9.70. The Hall–Kier alpha value is -2.13. The Morgan fingerprint density at radius 3 is 2.56 bits per heavy atom. The lowest BCUT2D eigenvalue weighted by molar-refractivity contribution is -0.123. The highest BCUT2D eigenvalue weighted by Crippen LogP contribution is 2.26. The molecule has 0 aliphatic carbocycles. The number of rotatable bonds is 10. The van der Waals surface area contributed by atoms with Crippen molar-refractivity contribution < 1.29 is 22.7 Å². The Bertz CT molecular complexity index is 773. The molecule has 0 unspecified atom stereocenters. The van der Waals surface area contributed by atoms with Crippen LogP contribution in [0.5, 0.6) is 5.75 Å². The second-order valence-electron chi connectivity index (χ2n) is 6.48. The number of ether oxygens (including phenoxy) is 1. The van der Waals surface area contributed by atoms with E-state index in [0.717, 1.165) is 32.1 Å². The molecule has 1 aromatic carbocycles. The minimum absolute atomic E-state index is 0.00503. The predicted octanol–water partition coefficient (Wildman–Crippen LogP) is 1.26. The third-order valence-electron chi connectivity index (χ3n) is 4.38. The van der Waals surface area contributed by atoms with E-state index in [1.54, 1.807) is 0 Å². The van der Waals surface area contributed by atoms with Crippen molar-refractivity contribution in [2.45, 2.75) is 43.9 Å². The van der Waals surface area contributed by atoms with Crippen LogP contribution in [0.4, 0.5) is 0 Å². The summed E-state index contributed by atoms with van der Waals surface area (Å²) < 4.78 is 32.0. The van der Waals surface area contributed by atoms with Crippen LogP contribution in [0.2, 0.25) is 0 Å². The molecule has 1 aliphatic heterocycles. The van der Waals surface area contributed by atoms with Crippen LogP contribution in [0.15, 0.2) is 23.1 Å². The average molecular weight is 397 g/mol. The molecule has 0 radical (unpaired) electrons. The summed E-state index contributed by atoms with van der Waals surface area (Å²) in [6, 6.07) is 3.95. The van der Waals surface area contributed by atoms with Crippen LogP contribution in [0.25, 0.3) is 0 Å². The zero-order valence-electron chi connectivity index (χ0n) is 15.6.